The molecular formula is C28H35Cl2N3O6S. The Morgan fingerprint density at radius 3 is 2.38 bits per heavy atom. The second-order valence-corrected chi connectivity index (χ2v) is 12.9. The maximum absolute atomic E-state index is 14.0. The van der Waals surface area contributed by atoms with Crippen molar-refractivity contribution in [2.24, 2.45) is 0 Å². The van der Waals surface area contributed by atoms with Crippen LogP contribution in [0.3, 0.4) is 0 Å². The summed E-state index contributed by atoms with van der Waals surface area (Å²) >= 11 is 12.5. The number of benzene rings is 2. The van der Waals surface area contributed by atoms with Crippen LogP contribution in [-0.4, -0.2) is 63.2 Å². The van der Waals surface area contributed by atoms with Gasteiger partial charge in [-0.15, -0.1) is 0 Å². The molecule has 4 rings (SSSR count). The monoisotopic (exact) mass is 611 g/mol. The van der Waals surface area contributed by atoms with Gasteiger partial charge in [0.05, 0.1) is 11.9 Å². The van der Waals surface area contributed by atoms with Crippen LogP contribution < -0.4 is 19.1 Å². The fourth-order valence-electron chi connectivity index (χ4n) is 5.10. The third-order valence-electron chi connectivity index (χ3n) is 7.19. The summed E-state index contributed by atoms with van der Waals surface area (Å²) in [5, 5.41) is 3.90. The van der Waals surface area contributed by atoms with E-state index in [9.17, 15) is 18.0 Å². The molecule has 0 spiro atoms. The molecule has 218 valence electrons. The lowest BCUT2D eigenvalue weighted by molar-refractivity contribution is -0.140. The average molecular weight is 613 g/mol. The molecule has 1 fully saturated rings. The summed E-state index contributed by atoms with van der Waals surface area (Å²) in [6, 6.07) is 8.87. The number of nitrogens with one attached hydrogen (secondary N) is 1. The smallest absolute Gasteiger partial charge is 0.244 e. The first-order valence-electron chi connectivity index (χ1n) is 13.5. The number of fused-ring (bicyclic) bond motifs is 1. The van der Waals surface area contributed by atoms with Gasteiger partial charge < -0.3 is 19.7 Å². The highest BCUT2D eigenvalue weighted by molar-refractivity contribution is 7.92. The Bertz CT molecular complexity index is 1330. The van der Waals surface area contributed by atoms with Crippen molar-refractivity contribution in [2.45, 2.75) is 64.1 Å². The van der Waals surface area contributed by atoms with Crippen LogP contribution in [-0.2, 0) is 26.2 Å². The lowest BCUT2D eigenvalue weighted by Gasteiger charge is -2.34. The van der Waals surface area contributed by atoms with Crippen molar-refractivity contribution in [3.05, 3.63) is 52.0 Å². The van der Waals surface area contributed by atoms with E-state index in [-0.39, 0.29) is 24.2 Å². The SMILES string of the molecule is CC[C@@H](C(=O)NC1CCCCC1)N(Cc1ccc(Cl)cc1Cl)C(=O)CN(c1ccc2c(c1)OCCO2)S(C)(=O)=O. The Morgan fingerprint density at radius 1 is 1.02 bits per heavy atom. The van der Waals surface area contributed by atoms with Gasteiger partial charge >= 0.3 is 0 Å². The van der Waals surface area contributed by atoms with E-state index in [0.717, 1.165) is 42.7 Å². The van der Waals surface area contributed by atoms with E-state index in [0.29, 0.717) is 46.7 Å². The molecule has 1 aliphatic heterocycles. The standard InChI is InChI=1S/C28H35Cl2N3O6S/c1-3-24(28(35)31-21-7-5-4-6-8-21)32(17-19-9-10-20(29)15-23(19)30)27(34)18-33(40(2,36)37)22-11-12-25-26(16-22)39-14-13-38-25/h9-12,15-16,21,24H,3-8,13-14,17-18H2,1-2H3,(H,31,35)/t24-/m0/s1. The topological polar surface area (TPSA) is 105 Å². The van der Waals surface area contributed by atoms with Crippen molar-refractivity contribution < 1.29 is 27.5 Å². The van der Waals surface area contributed by atoms with Crippen molar-refractivity contribution in [3.63, 3.8) is 0 Å². The van der Waals surface area contributed by atoms with E-state index in [2.05, 4.69) is 5.32 Å². The van der Waals surface area contributed by atoms with Gasteiger partial charge in [0, 0.05) is 28.7 Å². The minimum Gasteiger partial charge on any atom is -0.486 e. The molecule has 0 aromatic heterocycles. The third kappa shape index (κ3) is 7.53. The van der Waals surface area contributed by atoms with Crippen molar-refractivity contribution in [3.8, 4) is 11.5 Å². The van der Waals surface area contributed by atoms with Crippen molar-refractivity contribution in [2.75, 3.05) is 30.3 Å². The molecule has 2 aliphatic rings. The van der Waals surface area contributed by atoms with E-state index >= 15 is 0 Å². The Kier molecular flexibility index (Phi) is 10.1. The molecule has 2 amide bonds. The number of anilines is 1. The highest BCUT2D eigenvalue weighted by Gasteiger charge is 2.33. The first-order chi connectivity index (χ1) is 19.1. The zero-order valence-corrected chi connectivity index (χ0v) is 25.0. The summed E-state index contributed by atoms with van der Waals surface area (Å²) in [4.78, 5) is 28.9. The molecule has 1 N–H and O–H groups in total. The van der Waals surface area contributed by atoms with Gasteiger partial charge in [0.15, 0.2) is 11.5 Å². The highest BCUT2D eigenvalue weighted by atomic mass is 35.5. The largest absolute Gasteiger partial charge is 0.486 e. The summed E-state index contributed by atoms with van der Waals surface area (Å²) in [5.41, 5.74) is 0.845. The number of carbonyl (C=O) groups excluding carboxylic acids is 2. The quantitative estimate of drug-likeness (QED) is 0.414. The number of sulfonamides is 1. The molecule has 0 saturated heterocycles. The molecule has 1 heterocycles. The molecule has 2 aromatic rings. The van der Waals surface area contributed by atoms with Crippen LogP contribution in [0.15, 0.2) is 36.4 Å². The maximum Gasteiger partial charge on any atom is 0.244 e. The van der Waals surface area contributed by atoms with Gasteiger partial charge in [0.1, 0.15) is 25.8 Å². The second-order valence-electron chi connectivity index (χ2n) is 10.1. The van der Waals surface area contributed by atoms with Gasteiger partial charge in [-0.25, -0.2) is 8.42 Å². The van der Waals surface area contributed by atoms with Crippen LogP contribution in [0.5, 0.6) is 11.5 Å². The predicted molar refractivity (Wildman–Crippen MR) is 156 cm³/mol. The fraction of sp³-hybridized carbons (Fsp3) is 0.500. The van der Waals surface area contributed by atoms with Gasteiger partial charge in [0.25, 0.3) is 0 Å². The second kappa shape index (κ2) is 13.3. The van der Waals surface area contributed by atoms with Gasteiger partial charge in [-0.3, -0.25) is 13.9 Å². The first kappa shape index (κ1) is 30.3. The van der Waals surface area contributed by atoms with Gasteiger partial charge in [-0.2, -0.15) is 0 Å². The van der Waals surface area contributed by atoms with Gasteiger partial charge in [-0.1, -0.05) is 55.5 Å². The summed E-state index contributed by atoms with van der Waals surface area (Å²) in [6.45, 7) is 2.04. The lowest BCUT2D eigenvalue weighted by Crippen LogP contribution is -2.54. The van der Waals surface area contributed by atoms with E-state index < -0.39 is 28.5 Å². The summed E-state index contributed by atoms with van der Waals surface area (Å²) in [5.74, 6) is 0.0854. The minimum absolute atomic E-state index is 0.00414. The Morgan fingerprint density at radius 2 is 1.73 bits per heavy atom. The number of hydrogen-bond acceptors (Lipinski definition) is 6. The van der Waals surface area contributed by atoms with Gasteiger partial charge in [0.2, 0.25) is 21.8 Å². The summed E-state index contributed by atoms with van der Waals surface area (Å²) < 4.78 is 38.0. The molecule has 0 radical (unpaired) electrons. The molecule has 1 aliphatic carbocycles. The van der Waals surface area contributed by atoms with Crippen LogP contribution in [0.25, 0.3) is 0 Å². The van der Waals surface area contributed by atoms with E-state index in [1.165, 1.54) is 11.0 Å². The molecular weight excluding hydrogens is 577 g/mol. The van der Waals surface area contributed by atoms with Crippen LogP contribution in [0.2, 0.25) is 10.0 Å². The molecule has 40 heavy (non-hydrogen) atoms. The first-order valence-corrected chi connectivity index (χ1v) is 16.1. The predicted octanol–water partition coefficient (Wildman–Crippen LogP) is 4.79. The maximum atomic E-state index is 14.0. The van der Waals surface area contributed by atoms with E-state index in [4.69, 9.17) is 32.7 Å². The zero-order valence-electron chi connectivity index (χ0n) is 22.7. The number of carbonyl (C=O) groups is 2. The molecule has 0 bridgehead atoms. The van der Waals surface area contributed by atoms with Crippen LogP contribution in [0.4, 0.5) is 5.69 Å². The van der Waals surface area contributed by atoms with Gasteiger partial charge in [-0.05, 0) is 49.1 Å². The Hall–Kier alpha value is -2.69. The number of rotatable bonds is 10. The molecule has 9 nitrogen and oxygen atoms in total. The summed E-state index contributed by atoms with van der Waals surface area (Å²) in [6.07, 6.45) is 6.39. The number of amides is 2. The zero-order chi connectivity index (χ0) is 28.9. The fourth-order valence-corrected chi connectivity index (χ4v) is 6.41. The van der Waals surface area contributed by atoms with Crippen LogP contribution in [0.1, 0.15) is 51.0 Å². The molecule has 12 heteroatoms. The van der Waals surface area contributed by atoms with Crippen molar-refractivity contribution in [1.29, 1.82) is 0 Å². The van der Waals surface area contributed by atoms with Crippen LogP contribution in [0, 0.1) is 0 Å². The Balaban J connectivity index is 1.64. The van der Waals surface area contributed by atoms with Crippen molar-refractivity contribution in [1.82, 2.24) is 10.2 Å². The molecule has 1 saturated carbocycles. The number of ether oxygens (including phenoxy) is 2. The average Bonchev–Trinajstić information content (AvgIpc) is 2.92. The normalized spacial score (nSPS) is 16.2. The van der Waals surface area contributed by atoms with Crippen molar-refractivity contribution >= 4 is 50.7 Å². The van der Waals surface area contributed by atoms with Crippen LogP contribution >= 0.6 is 23.2 Å². The number of hydrogen-bond donors (Lipinski definition) is 1. The highest BCUT2D eigenvalue weighted by Crippen LogP contribution is 2.35. The molecule has 1 atom stereocenters. The van der Waals surface area contributed by atoms with E-state index in [1.54, 1.807) is 30.3 Å². The number of nitrogens with zero attached hydrogens (tertiary/aromatic N) is 2. The Labute approximate surface area is 245 Å². The molecule has 2 aromatic carbocycles. The number of halogens is 2. The minimum atomic E-state index is -3.89. The van der Waals surface area contributed by atoms with E-state index in [1.807, 2.05) is 6.92 Å². The summed E-state index contributed by atoms with van der Waals surface area (Å²) in [7, 11) is -3.89. The molecule has 0 unspecified atom stereocenters. The lowest BCUT2D eigenvalue weighted by atomic mass is 9.95. The third-order valence-corrected chi connectivity index (χ3v) is 8.91.